The average Bonchev–Trinajstić information content (AvgIpc) is 3.02. The van der Waals surface area contributed by atoms with E-state index >= 15 is 0 Å². The van der Waals surface area contributed by atoms with E-state index in [0.29, 0.717) is 26.9 Å². The van der Waals surface area contributed by atoms with Crippen molar-refractivity contribution in [2.24, 2.45) is 0 Å². The number of anilines is 1. The Kier molecular flexibility index (Phi) is 5.92. The predicted octanol–water partition coefficient (Wildman–Crippen LogP) is 4.39. The molecule has 2 N–H and O–H groups in total. The van der Waals surface area contributed by atoms with Crippen molar-refractivity contribution in [2.45, 2.75) is 38.4 Å². The normalized spacial score (nSPS) is 12.3. The fraction of sp³-hybridized carbons (Fsp3) is 0.316. The van der Waals surface area contributed by atoms with Crippen LogP contribution in [0.15, 0.2) is 40.3 Å². The number of benzene rings is 1. The van der Waals surface area contributed by atoms with Crippen molar-refractivity contribution >= 4 is 46.0 Å². The van der Waals surface area contributed by atoms with Crippen LogP contribution >= 0.6 is 23.4 Å². The molecular weight excluding hydrogens is 384 g/mol. The van der Waals surface area contributed by atoms with Crippen molar-refractivity contribution in [2.75, 3.05) is 11.1 Å². The number of carbonyl (C=O) groups is 1. The summed E-state index contributed by atoms with van der Waals surface area (Å²) in [7, 11) is 0. The van der Waals surface area contributed by atoms with E-state index in [0.717, 1.165) is 12.1 Å². The van der Waals surface area contributed by atoms with Gasteiger partial charge in [0.15, 0.2) is 5.16 Å². The van der Waals surface area contributed by atoms with Crippen molar-refractivity contribution in [1.29, 1.82) is 0 Å². The topological polar surface area (TPSA) is 79.8 Å². The smallest absolute Gasteiger partial charge is 0.278 e. The number of thioether (sulfide) groups is 1. The number of nitrogens with zero attached hydrogens (tertiary/aromatic N) is 2. The van der Waals surface area contributed by atoms with Crippen molar-refractivity contribution in [3.05, 3.63) is 51.4 Å². The minimum absolute atomic E-state index is 0.0140. The number of hydrogen-bond acceptors (Lipinski definition) is 4. The SMILES string of the molecule is CCC(C)n1c(SCC(=O)Nc2ccc(Cl)cc2)nc2cc(C)[nH]c2c1=O. The molecule has 3 aromatic rings. The van der Waals surface area contributed by atoms with Crippen LogP contribution in [0.4, 0.5) is 5.69 Å². The Bertz CT molecular complexity index is 1030. The number of rotatable bonds is 6. The van der Waals surface area contributed by atoms with Gasteiger partial charge in [0.25, 0.3) is 5.56 Å². The van der Waals surface area contributed by atoms with Crippen LogP contribution in [0.3, 0.4) is 0 Å². The number of aryl methyl sites for hydroxylation is 1. The molecule has 0 bridgehead atoms. The Hall–Kier alpha value is -2.25. The van der Waals surface area contributed by atoms with Gasteiger partial charge in [-0.05, 0) is 50.6 Å². The van der Waals surface area contributed by atoms with Gasteiger partial charge >= 0.3 is 0 Å². The molecule has 8 heteroatoms. The van der Waals surface area contributed by atoms with Crippen LogP contribution < -0.4 is 10.9 Å². The Morgan fingerprint density at radius 3 is 2.74 bits per heavy atom. The first-order valence-electron chi connectivity index (χ1n) is 8.69. The van der Waals surface area contributed by atoms with Crippen molar-refractivity contribution < 1.29 is 4.79 Å². The van der Waals surface area contributed by atoms with Crippen LogP contribution in [0.25, 0.3) is 11.0 Å². The lowest BCUT2D eigenvalue weighted by Gasteiger charge is -2.17. The number of halogens is 1. The van der Waals surface area contributed by atoms with E-state index in [1.54, 1.807) is 28.8 Å². The zero-order chi connectivity index (χ0) is 19.6. The number of aromatic amines is 1. The molecule has 1 unspecified atom stereocenters. The molecule has 27 heavy (non-hydrogen) atoms. The summed E-state index contributed by atoms with van der Waals surface area (Å²) >= 11 is 7.11. The molecule has 0 saturated carbocycles. The molecule has 0 saturated heterocycles. The lowest BCUT2D eigenvalue weighted by Crippen LogP contribution is -2.26. The van der Waals surface area contributed by atoms with Crippen molar-refractivity contribution in [3.63, 3.8) is 0 Å². The van der Waals surface area contributed by atoms with Gasteiger partial charge in [-0.1, -0.05) is 30.3 Å². The molecule has 2 aromatic heterocycles. The second-order valence-corrected chi connectivity index (χ2v) is 7.76. The standard InChI is InChI=1S/C19H21ClN4O2S/c1-4-12(3)24-18(26)17-15(9-11(2)21-17)23-19(24)27-10-16(25)22-14-7-5-13(20)6-8-14/h5-9,12,21H,4,10H2,1-3H3,(H,22,25). The number of amides is 1. The first kappa shape index (κ1) is 19.5. The van der Waals surface area contributed by atoms with Crippen LogP contribution in [0.5, 0.6) is 0 Å². The van der Waals surface area contributed by atoms with Crippen molar-refractivity contribution in [3.8, 4) is 0 Å². The van der Waals surface area contributed by atoms with Crippen LogP contribution in [-0.2, 0) is 4.79 Å². The third-order valence-corrected chi connectivity index (χ3v) is 5.48. The minimum atomic E-state index is -0.169. The molecule has 1 aromatic carbocycles. The van der Waals surface area contributed by atoms with E-state index in [9.17, 15) is 9.59 Å². The summed E-state index contributed by atoms with van der Waals surface area (Å²) in [6.07, 6.45) is 0.789. The van der Waals surface area contributed by atoms with Crippen molar-refractivity contribution in [1.82, 2.24) is 14.5 Å². The molecule has 3 rings (SSSR count). The van der Waals surface area contributed by atoms with Gasteiger partial charge in [0, 0.05) is 22.4 Å². The molecular formula is C19H21ClN4O2S. The third kappa shape index (κ3) is 4.36. The summed E-state index contributed by atoms with van der Waals surface area (Å²) in [5, 5.41) is 3.98. The molecule has 0 aliphatic carbocycles. The lowest BCUT2D eigenvalue weighted by molar-refractivity contribution is -0.113. The maximum absolute atomic E-state index is 12.9. The highest BCUT2D eigenvalue weighted by molar-refractivity contribution is 7.99. The highest BCUT2D eigenvalue weighted by Gasteiger charge is 2.18. The number of aromatic nitrogens is 3. The summed E-state index contributed by atoms with van der Waals surface area (Å²) in [4.78, 5) is 32.9. The first-order valence-corrected chi connectivity index (χ1v) is 10.1. The zero-order valence-electron chi connectivity index (χ0n) is 15.4. The Morgan fingerprint density at radius 2 is 2.07 bits per heavy atom. The largest absolute Gasteiger partial charge is 0.353 e. The summed E-state index contributed by atoms with van der Waals surface area (Å²) in [5.74, 6) is -0.0157. The molecule has 0 fully saturated rings. The van der Waals surface area contributed by atoms with E-state index < -0.39 is 0 Å². The van der Waals surface area contributed by atoms with Gasteiger partial charge in [0.1, 0.15) is 5.52 Å². The summed E-state index contributed by atoms with van der Waals surface area (Å²) in [6, 6.07) is 8.75. The molecule has 0 radical (unpaired) electrons. The first-order chi connectivity index (χ1) is 12.9. The highest BCUT2D eigenvalue weighted by atomic mass is 35.5. The number of hydrogen-bond donors (Lipinski definition) is 2. The molecule has 0 aliphatic heterocycles. The third-order valence-electron chi connectivity index (χ3n) is 4.28. The predicted molar refractivity (Wildman–Crippen MR) is 111 cm³/mol. The fourth-order valence-electron chi connectivity index (χ4n) is 2.72. The van der Waals surface area contributed by atoms with Gasteiger partial charge < -0.3 is 10.3 Å². The number of H-pyrrole nitrogens is 1. The molecule has 6 nitrogen and oxygen atoms in total. The summed E-state index contributed by atoms with van der Waals surface area (Å²) in [5.41, 5.74) is 2.57. The summed E-state index contributed by atoms with van der Waals surface area (Å²) in [6.45, 7) is 5.88. The van der Waals surface area contributed by atoms with Crippen LogP contribution in [0.2, 0.25) is 5.02 Å². The van der Waals surface area contributed by atoms with E-state index in [4.69, 9.17) is 11.6 Å². The molecule has 0 aliphatic rings. The monoisotopic (exact) mass is 404 g/mol. The Morgan fingerprint density at radius 1 is 1.37 bits per heavy atom. The van der Waals surface area contributed by atoms with E-state index in [1.807, 2.05) is 26.8 Å². The van der Waals surface area contributed by atoms with Gasteiger partial charge in [-0.2, -0.15) is 0 Å². The zero-order valence-corrected chi connectivity index (χ0v) is 16.9. The quantitative estimate of drug-likeness (QED) is 0.471. The van der Waals surface area contributed by atoms with Crippen LogP contribution in [-0.4, -0.2) is 26.2 Å². The van der Waals surface area contributed by atoms with E-state index in [2.05, 4.69) is 15.3 Å². The van der Waals surface area contributed by atoms with Gasteiger partial charge in [-0.15, -0.1) is 0 Å². The van der Waals surface area contributed by atoms with E-state index in [1.165, 1.54) is 11.8 Å². The Labute approximate surface area is 166 Å². The van der Waals surface area contributed by atoms with Gasteiger partial charge in [-0.3, -0.25) is 14.2 Å². The lowest BCUT2D eigenvalue weighted by atomic mass is 10.2. The second-order valence-electron chi connectivity index (χ2n) is 6.38. The van der Waals surface area contributed by atoms with E-state index in [-0.39, 0.29) is 23.3 Å². The maximum Gasteiger partial charge on any atom is 0.278 e. The average molecular weight is 405 g/mol. The number of carbonyl (C=O) groups excluding carboxylic acids is 1. The van der Waals surface area contributed by atoms with Gasteiger partial charge in [0.2, 0.25) is 5.91 Å². The molecule has 0 spiro atoms. The molecule has 1 amide bonds. The van der Waals surface area contributed by atoms with Crippen LogP contribution in [0.1, 0.15) is 32.0 Å². The molecule has 142 valence electrons. The van der Waals surface area contributed by atoms with Gasteiger partial charge in [-0.25, -0.2) is 4.98 Å². The Balaban J connectivity index is 1.83. The van der Waals surface area contributed by atoms with Gasteiger partial charge in [0.05, 0.1) is 11.3 Å². The summed E-state index contributed by atoms with van der Waals surface area (Å²) < 4.78 is 1.67. The number of nitrogens with one attached hydrogen (secondary N) is 2. The molecule has 2 heterocycles. The fourth-order valence-corrected chi connectivity index (χ4v) is 3.75. The maximum atomic E-state index is 12.9. The second kappa shape index (κ2) is 8.19. The minimum Gasteiger partial charge on any atom is -0.353 e. The molecule has 1 atom stereocenters. The highest BCUT2D eigenvalue weighted by Crippen LogP contribution is 2.23. The van der Waals surface area contributed by atoms with Crippen LogP contribution in [0, 0.1) is 6.92 Å². The number of fused-ring (bicyclic) bond motifs is 1.